The van der Waals surface area contributed by atoms with Gasteiger partial charge < -0.3 is 15.2 Å². The van der Waals surface area contributed by atoms with Crippen molar-refractivity contribution in [2.75, 3.05) is 6.54 Å². The number of fused-ring (bicyclic) bond motifs is 1. The lowest BCUT2D eigenvalue weighted by molar-refractivity contribution is -0.136. The quantitative estimate of drug-likeness (QED) is 0.840. The van der Waals surface area contributed by atoms with E-state index in [9.17, 15) is 9.90 Å². The smallest absolute Gasteiger partial charge is 0.263 e. The molecular formula is C17H22N2O3. The van der Waals surface area contributed by atoms with Crippen LogP contribution >= 0.6 is 0 Å². The van der Waals surface area contributed by atoms with E-state index in [2.05, 4.69) is 5.32 Å². The molecule has 0 aromatic heterocycles. The molecule has 5 nitrogen and oxygen atoms in total. The number of ether oxygens (including phenoxy) is 1. The predicted octanol–water partition coefficient (Wildman–Crippen LogP) is 2.43. The standard InChI is InChI=1S/C17H22N2O3/c1-10-11(2)15-13(12(3)14(10)20)6-7-17(4,22-15)16(21)19-9-5-8-18/h20H,5-7,9H2,1-4H3,(H,19,21). The van der Waals surface area contributed by atoms with E-state index < -0.39 is 5.60 Å². The number of phenols is 1. The Morgan fingerprint density at radius 1 is 1.36 bits per heavy atom. The van der Waals surface area contributed by atoms with Crippen molar-refractivity contribution in [2.45, 2.75) is 52.6 Å². The van der Waals surface area contributed by atoms with Gasteiger partial charge in [0.15, 0.2) is 5.60 Å². The number of hydrogen-bond acceptors (Lipinski definition) is 4. The van der Waals surface area contributed by atoms with Crippen LogP contribution in [0.3, 0.4) is 0 Å². The van der Waals surface area contributed by atoms with Crippen molar-refractivity contribution in [2.24, 2.45) is 0 Å². The van der Waals surface area contributed by atoms with Crippen molar-refractivity contribution in [3.8, 4) is 17.6 Å². The fraction of sp³-hybridized carbons (Fsp3) is 0.529. The monoisotopic (exact) mass is 302 g/mol. The third-order valence-corrected chi connectivity index (χ3v) is 4.52. The first-order valence-corrected chi connectivity index (χ1v) is 7.47. The number of carbonyl (C=O) groups excluding carboxylic acids is 1. The van der Waals surface area contributed by atoms with E-state index in [0.29, 0.717) is 30.9 Å². The molecule has 1 atom stereocenters. The van der Waals surface area contributed by atoms with Crippen LogP contribution in [0.15, 0.2) is 0 Å². The molecule has 1 aromatic carbocycles. The highest BCUT2D eigenvalue weighted by Gasteiger charge is 2.40. The minimum atomic E-state index is -0.941. The van der Waals surface area contributed by atoms with Crippen LogP contribution < -0.4 is 10.1 Å². The summed E-state index contributed by atoms with van der Waals surface area (Å²) in [5.74, 6) is 0.815. The van der Waals surface area contributed by atoms with Crippen LogP contribution in [0.4, 0.5) is 0 Å². The zero-order valence-electron chi connectivity index (χ0n) is 13.5. The topological polar surface area (TPSA) is 82.4 Å². The molecule has 2 rings (SSSR count). The fourth-order valence-electron chi connectivity index (χ4n) is 2.83. The maximum atomic E-state index is 12.4. The molecule has 0 saturated carbocycles. The van der Waals surface area contributed by atoms with Crippen molar-refractivity contribution in [1.29, 1.82) is 5.26 Å². The Morgan fingerprint density at radius 2 is 2.05 bits per heavy atom. The van der Waals surface area contributed by atoms with Gasteiger partial charge in [0.05, 0.1) is 12.5 Å². The summed E-state index contributed by atoms with van der Waals surface area (Å²) in [7, 11) is 0. The van der Waals surface area contributed by atoms with Crippen LogP contribution in [-0.4, -0.2) is 23.2 Å². The summed E-state index contributed by atoms with van der Waals surface area (Å²) in [5.41, 5.74) is 2.51. The van der Waals surface area contributed by atoms with Crippen molar-refractivity contribution in [1.82, 2.24) is 5.32 Å². The second-order valence-corrected chi connectivity index (χ2v) is 6.03. The Morgan fingerprint density at radius 3 is 2.68 bits per heavy atom. The maximum absolute atomic E-state index is 12.4. The summed E-state index contributed by atoms with van der Waals surface area (Å²) in [4.78, 5) is 12.4. The SMILES string of the molecule is Cc1c(C)c2c(c(C)c1O)CCC(C)(C(=O)NCCC#N)O2. The zero-order chi connectivity index (χ0) is 16.5. The molecule has 2 N–H and O–H groups in total. The first-order valence-electron chi connectivity index (χ1n) is 7.47. The number of nitrogens with zero attached hydrogens (tertiary/aromatic N) is 1. The van der Waals surface area contributed by atoms with Gasteiger partial charge >= 0.3 is 0 Å². The molecule has 1 aromatic rings. The van der Waals surface area contributed by atoms with E-state index in [4.69, 9.17) is 10.00 Å². The molecule has 5 heteroatoms. The number of nitrogens with one attached hydrogen (secondary N) is 1. The van der Waals surface area contributed by atoms with Crippen LogP contribution in [0.1, 0.15) is 42.0 Å². The van der Waals surface area contributed by atoms with Crippen LogP contribution in [0.5, 0.6) is 11.5 Å². The van der Waals surface area contributed by atoms with Gasteiger partial charge in [-0.2, -0.15) is 5.26 Å². The largest absolute Gasteiger partial charge is 0.507 e. The maximum Gasteiger partial charge on any atom is 0.263 e. The van der Waals surface area contributed by atoms with Gasteiger partial charge in [-0.3, -0.25) is 4.79 Å². The molecule has 1 aliphatic heterocycles. The van der Waals surface area contributed by atoms with Gasteiger partial charge in [-0.05, 0) is 50.8 Å². The number of phenolic OH excluding ortho intramolecular Hbond substituents is 1. The van der Waals surface area contributed by atoms with Crippen LogP contribution in [0, 0.1) is 32.1 Å². The number of aromatic hydroxyl groups is 1. The average molecular weight is 302 g/mol. The second kappa shape index (κ2) is 5.88. The van der Waals surface area contributed by atoms with Gasteiger partial charge in [-0.1, -0.05) is 0 Å². The van der Waals surface area contributed by atoms with Crippen molar-refractivity contribution in [3.05, 3.63) is 22.3 Å². The minimum absolute atomic E-state index is 0.198. The van der Waals surface area contributed by atoms with E-state index in [-0.39, 0.29) is 12.3 Å². The number of nitriles is 1. The number of hydrogen-bond donors (Lipinski definition) is 2. The summed E-state index contributed by atoms with van der Waals surface area (Å²) in [5, 5.41) is 21.5. The lowest BCUT2D eigenvalue weighted by Gasteiger charge is -2.36. The highest BCUT2D eigenvalue weighted by atomic mass is 16.5. The van der Waals surface area contributed by atoms with Gasteiger partial charge in [0, 0.05) is 18.5 Å². The molecule has 0 fully saturated rings. The average Bonchev–Trinajstić information content (AvgIpc) is 2.51. The van der Waals surface area contributed by atoms with E-state index >= 15 is 0 Å². The molecule has 0 spiro atoms. The molecule has 118 valence electrons. The van der Waals surface area contributed by atoms with Gasteiger partial charge in [0.25, 0.3) is 5.91 Å². The highest BCUT2D eigenvalue weighted by molar-refractivity contribution is 5.85. The van der Waals surface area contributed by atoms with E-state index in [1.54, 1.807) is 6.92 Å². The lowest BCUT2D eigenvalue weighted by atomic mass is 9.86. The summed E-state index contributed by atoms with van der Waals surface area (Å²) >= 11 is 0. The predicted molar refractivity (Wildman–Crippen MR) is 82.9 cm³/mol. The van der Waals surface area contributed by atoms with E-state index in [0.717, 1.165) is 22.3 Å². The second-order valence-electron chi connectivity index (χ2n) is 6.03. The summed E-state index contributed by atoms with van der Waals surface area (Å²) in [6.07, 6.45) is 1.50. The van der Waals surface area contributed by atoms with Crippen molar-refractivity contribution >= 4 is 5.91 Å². The number of amides is 1. The van der Waals surface area contributed by atoms with Crippen LogP contribution in [0.25, 0.3) is 0 Å². The summed E-state index contributed by atoms with van der Waals surface area (Å²) < 4.78 is 6.05. The zero-order valence-corrected chi connectivity index (χ0v) is 13.5. The Labute approximate surface area is 130 Å². The first-order chi connectivity index (χ1) is 10.3. The Bertz CT molecular complexity index is 661. The molecule has 0 radical (unpaired) electrons. The van der Waals surface area contributed by atoms with Crippen molar-refractivity contribution < 1.29 is 14.6 Å². The molecule has 0 aliphatic carbocycles. The lowest BCUT2D eigenvalue weighted by Crippen LogP contribution is -2.51. The normalized spacial score (nSPS) is 19.8. The third-order valence-electron chi connectivity index (χ3n) is 4.52. The van der Waals surface area contributed by atoms with E-state index in [1.807, 2.05) is 26.8 Å². The number of rotatable bonds is 3. The molecule has 1 aliphatic rings. The summed E-state index contributed by atoms with van der Waals surface area (Å²) in [6, 6.07) is 2.00. The third kappa shape index (κ3) is 2.61. The van der Waals surface area contributed by atoms with E-state index in [1.165, 1.54) is 0 Å². The Kier molecular flexibility index (Phi) is 4.32. The molecule has 1 unspecified atom stereocenters. The first kappa shape index (κ1) is 16.2. The van der Waals surface area contributed by atoms with Gasteiger partial charge in [0.1, 0.15) is 11.5 Å². The van der Waals surface area contributed by atoms with Gasteiger partial charge in [0.2, 0.25) is 0 Å². The van der Waals surface area contributed by atoms with Gasteiger partial charge in [-0.25, -0.2) is 0 Å². The molecule has 0 saturated heterocycles. The molecule has 0 bridgehead atoms. The summed E-state index contributed by atoms with van der Waals surface area (Å²) in [6.45, 7) is 7.72. The minimum Gasteiger partial charge on any atom is -0.507 e. The Balaban J connectivity index is 2.31. The Hall–Kier alpha value is -2.22. The van der Waals surface area contributed by atoms with Gasteiger partial charge in [-0.15, -0.1) is 0 Å². The van der Waals surface area contributed by atoms with Crippen LogP contribution in [0.2, 0.25) is 0 Å². The van der Waals surface area contributed by atoms with Crippen molar-refractivity contribution in [3.63, 3.8) is 0 Å². The highest BCUT2D eigenvalue weighted by Crippen LogP contribution is 2.43. The molecular weight excluding hydrogens is 280 g/mol. The molecule has 1 amide bonds. The molecule has 1 heterocycles. The number of benzene rings is 1. The fourth-order valence-corrected chi connectivity index (χ4v) is 2.83. The van der Waals surface area contributed by atoms with Crippen LogP contribution in [-0.2, 0) is 11.2 Å². The molecule has 22 heavy (non-hydrogen) atoms. The number of carbonyl (C=O) groups is 1.